The Labute approximate surface area is 233 Å². The zero-order chi connectivity index (χ0) is 27.2. The zero-order valence-corrected chi connectivity index (χ0v) is 23.4. The van der Waals surface area contributed by atoms with Crippen LogP contribution < -0.4 is 4.90 Å². The second-order valence-electron chi connectivity index (χ2n) is 9.95. The standard InChI is InChI=1S/C29H35N5O4S/c1-3-37-28(36)22-10-7-13-34(19-22)27(35)25-12-11-23(38-25)20-39-29-30-24(21-8-5-4-6-9-21)18-26(31-29)33-16-14-32(2)15-17-33/h4-6,8-9,11-12,18,22H,3,7,10,13-17,19-20H2,1-2H3. The molecule has 2 saturated heterocycles. The second kappa shape index (κ2) is 12.7. The number of amides is 1. The summed E-state index contributed by atoms with van der Waals surface area (Å²) in [6.45, 7) is 6.93. The Morgan fingerprint density at radius 1 is 1.05 bits per heavy atom. The van der Waals surface area contributed by atoms with E-state index in [9.17, 15) is 9.59 Å². The van der Waals surface area contributed by atoms with E-state index in [0.717, 1.165) is 56.1 Å². The van der Waals surface area contributed by atoms with E-state index in [2.05, 4.69) is 35.0 Å². The number of anilines is 1. The Balaban J connectivity index is 1.27. The normalized spacial score (nSPS) is 18.3. The number of hydrogen-bond acceptors (Lipinski definition) is 9. The summed E-state index contributed by atoms with van der Waals surface area (Å²) < 4.78 is 11.1. The highest BCUT2D eigenvalue weighted by Crippen LogP contribution is 2.29. The lowest BCUT2D eigenvalue weighted by Crippen LogP contribution is -2.44. The van der Waals surface area contributed by atoms with Crippen molar-refractivity contribution in [2.24, 2.45) is 5.92 Å². The van der Waals surface area contributed by atoms with Crippen molar-refractivity contribution in [2.45, 2.75) is 30.7 Å². The first kappa shape index (κ1) is 27.2. The van der Waals surface area contributed by atoms with Crippen LogP contribution in [0.5, 0.6) is 0 Å². The molecule has 39 heavy (non-hydrogen) atoms. The molecule has 0 aliphatic carbocycles. The Kier molecular flexibility index (Phi) is 8.83. The number of rotatable bonds is 8. The predicted molar refractivity (Wildman–Crippen MR) is 151 cm³/mol. The highest BCUT2D eigenvalue weighted by atomic mass is 32.2. The van der Waals surface area contributed by atoms with E-state index in [1.165, 1.54) is 11.8 Å². The summed E-state index contributed by atoms with van der Waals surface area (Å²) in [6, 6.07) is 15.7. The first-order chi connectivity index (χ1) is 19.0. The molecule has 9 nitrogen and oxygen atoms in total. The molecular weight excluding hydrogens is 514 g/mol. The number of aromatic nitrogens is 2. The predicted octanol–water partition coefficient (Wildman–Crippen LogP) is 4.20. The molecule has 0 N–H and O–H groups in total. The molecule has 2 aliphatic rings. The van der Waals surface area contributed by atoms with E-state index in [1.807, 2.05) is 24.3 Å². The van der Waals surface area contributed by atoms with E-state index < -0.39 is 0 Å². The number of likely N-dealkylation sites (N-methyl/N-ethyl adjacent to an activating group) is 1. The monoisotopic (exact) mass is 549 g/mol. The summed E-state index contributed by atoms with van der Waals surface area (Å²) in [6.07, 6.45) is 1.50. The van der Waals surface area contributed by atoms with E-state index in [-0.39, 0.29) is 23.6 Å². The van der Waals surface area contributed by atoms with Crippen molar-refractivity contribution in [3.8, 4) is 11.3 Å². The van der Waals surface area contributed by atoms with Gasteiger partial charge >= 0.3 is 5.97 Å². The summed E-state index contributed by atoms with van der Waals surface area (Å²) in [5, 5.41) is 0.669. The minimum absolute atomic E-state index is 0.195. The minimum Gasteiger partial charge on any atom is -0.466 e. The third-order valence-electron chi connectivity index (χ3n) is 7.13. The summed E-state index contributed by atoms with van der Waals surface area (Å²) in [4.78, 5) is 41.3. The molecule has 0 saturated carbocycles. The molecule has 1 aromatic carbocycles. The molecule has 0 radical (unpaired) electrons. The van der Waals surface area contributed by atoms with Gasteiger partial charge in [-0.2, -0.15) is 0 Å². The number of piperazine rings is 1. The van der Waals surface area contributed by atoms with Gasteiger partial charge in [-0.1, -0.05) is 42.1 Å². The number of thioether (sulfide) groups is 1. The van der Waals surface area contributed by atoms with Crippen molar-refractivity contribution in [3.05, 3.63) is 60.1 Å². The number of esters is 1. The number of furan rings is 1. The molecule has 4 heterocycles. The van der Waals surface area contributed by atoms with Gasteiger partial charge in [-0.05, 0) is 38.9 Å². The number of benzene rings is 1. The Bertz CT molecular complexity index is 1280. The van der Waals surface area contributed by atoms with E-state index in [4.69, 9.17) is 19.1 Å². The number of likely N-dealkylation sites (tertiary alicyclic amines) is 1. The molecule has 10 heteroatoms. The van der Waals surface area contributed by atoms with Gasteiger partial charge in [0.05, 0.1) is 24.0 Å². The zero-order valence-electron chi connectivity index (χ0n) is 22.5. The molecule has 206 valence electrons. The van der Waals surface area contributed by atoms with Crippen LogP contribution >= 0.6 is 11.8 Å². The van der Waals surface area contributed by atoms with Gasteiger partial charge in [0.15, 0.2) is 10.9 Å². The van der Waals surface area contributed by atoms with Gasteiger partial charge in [0.1, 0.15) is 11.6 Å². The Morgan fingerprint density at radius 2 is 1.85 bits per heavy atom. The lowest BCUT2D eigenvalue weighted by atomic mass is 9.98. The van der Waals surface area contributed by atoms with Crippen molar-refractivity contribution in [2.75, 3.05) is 57.8 Å². The fraction of sp³-hybridized carbons (Fsp3) is 0.448. The highest BCUT2D eigenvalue weighted by Gasteiger charge is 2.31. The van der Waals surface area contributed by atoms with E-state index >= 15 is 0 Å². The minimum atomic E-state index is -0.281. The molecule has 2 aliphatic heterocycles. The van der Waals surface area contributed by atoms with Gasteiger partial charge in [-0.3, -0.25) is 9.59 Å². The molecule has 0 bridgehead atoms. The molecule has 3 aromatic rings. The number of carbonyl (C=O) groups excluding carboxylic acids is 2. The highest BCUT2D eigenvalue weighted by molar-refractivity contribution is 7.98. The van der Waals surface area contributed by atoms with Crippen molar-refractivity contribution in [1.29, 1.82) is 0 Å². The second-order valence-corrected chi connectivity index (χ2v) is 10.9. The summed E-state index contributed by atoms with van der Waals surface area (Å²) >= 11 is 1.49. The third-order valence-corrected chi connectivity index (χ3v) is 8.00. The van der Waals surface area contributed by atoms with Gasteiger partial charge in [-0.25, -0.2) is 9.97 Å². The van der Waals surface area contributed by atoms with Crippen LogP contribution in [0, 0.1) is 5.92 Å². The SMILES string of the molecule is CCOC(=O)C1CCCN(C(=O)c2ccc(CSc3nc(-c4ccccc4)cc(N4CCN(C)CC4)n3)o2)C1. The van der Waals surface area contributed by atoms with Crippen molar-refractivity contribution in [3.63, 3.8) is 0 Å². The number of piperidine rings is 1. The van der Waals surface area contributed by atoms with Gasteiger partial charge in [-0.15, -0.1) is 0 Å². The molecule has 2 aromatic heterocycles. The fourth-order valence-corrected chi connectivity index (χ4v) is 5.66. The maximum atomic E-state index is 13.1. The molecule has 2 fully saturated rings. The fourth-order valence-electron chi connectivity index (χ4n) is 4.91. The van der Waals surface area contributed by atoms with E-state index in [1.54, 1.807) is 17.9 Å². The van der Waals surface area contributed by atoms with Gasteiger partial charge in [0, 0.05) is 50.9 Å². The largest absolute Gasteiger partial charge is 0.466 e. The van der Waals surface area contributed by atoms with Crippen molar-refractivity contribution >= 4 is 29.5 Å². The van der Waals surface area contributed by atoms with Gasteiger partial charge in [0.2, 0.25) is 0 Å². The number of ether oxygens (including phenoxy) is 1. The summed E-state index contributed by atoms with van der Waals surface area (Å²) in [5.74, 6) is 1.68. The maximum Gasteiger partial charge on any atom is 0.310 e. The quantitative estimate of drug-likeness (QED) is 0.233. The topological polar surface area (TPSA) is 92.0 Å². The van der Waals surface area contributed by atoms with Crippen molar-refractivity contribution in [1.82, 2.24) is 19.8 Å². The van der Waals surface area contributed by atoms with Crippen LogP contribution in [0.15, 0.2) is 58.1 Å². The molecule has 1 unspecified atom stereocenters. The van der Waals surface area contributed by atoms with Crippen LogP contribution in [0.2, 0.25) is 0 Å². The first-order valence-electron chi connectivity index (χ1n) is 13.6. The number of nitrogens with zero attached hydrogens (tertiary/aromatic N) is 5. The lowest BCUT2D eigenvalue weighted by Gasteiger charge is -2.33. The van der Waals surface area contributed by atoms with Crippen LogP contribution in [0.4, 0.5) is 5.82 Å². The van der Waals surface area contributed by atoms with Crippen LogP contribution in [0.1, 0.15) is 36.1 Å². The smallest absolute Gasteiger partial charge is 0.310 e. The van der Waals surface area contributed by atoms with Crippen molar-refractivity contribution < 1.29 is 18.7 Å². The van der Waals surface area contributed by atoms with Crippen LogP contribution in [0.3, 0.4) is 0 Å². The van der Waals surface area contributed by atoms with Crippen LogP contribution in [-0.2, 0) is 15.3 Å². The van der Waals surface area contributed by atoms with Crippen LogP contribution in [0.25, 0.3) is 11.3 Å². The molecule has 1 atom stereocenters. The molecule has 1 amide bonds. The molecular formula is C29H35N5O4S. The third kappa shape index (κ3) is 6.80. The average Bonchev–Trinajstić information content (AvgIpc) is 3.46. The van der Waals surface area contributed by atoms with Gasteiger partial charge in [0.25, 0.3) is 5.91 Å². The number of hydrogen-bond donors (Lipinski definition) is 0. The maximum absolute atomic E-state index is 13.1. The van der Waals surface area contributed by atoms with Gasteiger partial charge < -0.3 is 23.9 Å². The van der Waals surface area contributed by atoms with E-state index in [0.29, 0.717) is 36.4 Å². The Morgan fingerprint density at radius 3 is 2.62 bits per heavy atom. The molecule has 0 spiro atoms. The van der Waals surface area contributed by atoms with Crippen LogP contribution in [-0.4, -0.2) is 84.6 Å². The molecule has 5 rings (SSSR count). The Hall–Kier alpha value is -3.37. The lowest BCUT2D eigenvalue weighted by molar-refractivity contribution is -0.149. The summed E-state index contributed by atoms with van der Waals surface area (Å²) in [7, 11) is 2.14. The summed E-state index contributed by atoms with van der Waals surface area (Å²) in [5.41, 5.74) is 1.93. The average molecular weight is 550 g/mol. The number of carbonyl (C=O) groups is 2. The first-order valence-corrected chi connectivity index (χ1v) is 14.5.